The van der Waals surface area contributed by atoms with Crippen LogP contribution in [0.25, 0.3) is 0 Å². The molecule has 1 aliphatic rings. The lowest BCUT2D eigenvalue weighted by Crippen LogP contribution is -2.51. The number of nitrogens with zero attached hydrogens (tertiary/aromatic N) is 2. The van der Waals surface area contributed by atoms with E-state index in [1.165, 1.54) is 16.3 Å². The summed E-state index contributed by atoms with van der Waals surface area (Å²) in [7, 11) is -2.35. The van der Waals surface area contributed by atoms with Crippen molar-refractivity contribution in [1.82, 2.24) is 9.21 Å². The van der Waals surface area contributed by atoms with Crippen molar-refractivity contribution in [3.8, 4) is 0 Å². The van der Waals surface area contributed by atoms with Gasteiger partial charge in [-0.3, -0.25) is 0 Å². The molecule has 1 N–H and O–H groups in total. The fraction of sp³-hybridized carbons (Fsp3) is 0.333. The highest BCUT2D eigenvalue weighted by Crippen LogP contribution is 2.23. The number of para-hydroxylation sites is 1. The third-order valence-electron chi connectivity index (χ3n) is 5.05. The van der Waals surface area contributed by atoms with Crippen molar-refractivity contribution >= 4 is 27.7 Å². The lowest BCUT2D eigenvalue weighted by atomic mass is 10.2. The molecule has 0 saturated carbocycles. The molecule has 0 bridgehead atoms. The average Bonchev–Trinajstić information content (AvgIpc) is 2.73. The van der Waals surface area contributed by atoms with Gasteiger partial charge in [0, 0.05) is 26.2 Å². The SMILES string of the molecule is COC(=O)c1ccccc1NC(=O)N1CCN(S(=O)(=O)c2ccc(C)cc2C)CC1. The van der Waals surface area contributed by atoms with Gasteiger partial charge in [0.1, 0.15) is 0 Å². The number of amides is 2. The van der Waals surface area contributed by atoms with Crippen LogP contribution >= 0.6 is 0 Å². The number of methoxy groups -OCH3 is 1. The molecule has 3 rings (SSSR count). The largest absolute Gasteiger partial charge is 0.465 e. The topological polar surface area (TPSA) is 96.0 Å². The van der Waals surface area contributed by atoms with E-state index in [1.54, 1.807) is 43.3 Å². The molecule has 0 spiro atoms. The summed E-state index contributed by atoms with van der Waals surface area (Å²) in [5.74, 6) is -0.546. The van der Waals surface area contributed by atoms with E-state index >= 15 is 0 Å². The van der Waals surface area contributed by atoms with E-state index in [2.05, 4.69) is 5.32 Å². The van der Waals surface area contributed by atoms with Gasteiger partial charge in [-0.1, -0.05) is 29.8 Å². The first kappa shape index (κ1) is 21.8. The van der Waals surface area contributed by atoms with Gasteiger partial charge in [0.05, 0.1) is 23.3 Å². The minimum Gasteiger partial charge on any atom is -0.465 e. The van der Waals surface area contributed by atoms with Crippen molar-refractivity contribution < 1.29 is 22.7 Å². The fourth-order valence-corrected chi connectivity index (χ4v) is 5.06. The number of benzene rings is 2. The highest BCUT2D eigenvalue weighted by Gasteiger charge is 2.31. The van der Waals surface area contributed by atoms with Crippen LogP contribution in [0.3, 0.4) is 0 Å². The molecule has 0 aromatic heterocycles. The van der Waals surface area contributed by atoms with Crippen molar-refractivity contribution in [3.63, 3.8) is 0 Å². The van der Waals surface area contributed by atoms with E-state index in [4.69, 9.17) is 4.74 Å². The van der Waals surface area contributed by atoms with E-state index in [0.717, 1.165) is 5.56 Å². The molecule has 0 aliphatic carbocycles. The molecule has 2 amide bonds. The fourth-order valence-electron chi connectivity index (χ4n) is 3.43. The van der Waals surface area contributed by atoms with Gasteiger partial charge >= 0.3 is 12.0 Å². The van der Waals surface area contributed by atoms with Crippen LogP contribution in [-0.2, 0) is 14.8 Å². The number of esters is 1. The van der Waals surface area contributed by atoms with Crippen LogP contribution in [0.5, 0.6) is 0 Å². The van der Waals surface area contributed by atoms with Crippen molar-refractivity contribution in [3.05, 3.63) is 59.2 Å². The summed E-state index contributed by atoms with van der Waals surface area (Å²) in [4.78, 5) is 26.3. The Hall–Kier alpha value is -2.91. The second-order valence-electron chi connectivity index (χ2n) is 7.13. The highest BCUT2D eigenvalue weighted by molar-refractivity contribution is 7.89. The maximum atomic E-state index is 13.0. The maximum Gasteiger partial charge on any atom is 0.339 e. The Balaban J connectivity index is 1.67. The molecule has 2 aromatic rings. The number of rotatable bonds is 4. The Morgan fingerprint density at radius 3 is 2.30 bits per heavy atom. The predicted molar refractivity (Wildman–Crippen MR) is 113 cm³/mol. The van der Waals surface area contributed by atoms with Gasteiger partial charge in [0.25, 0.3) is 0 Å². The maximum absolute atomic E-state index is 13.0. The number of hydrogen-bond acceptors (Lipinski definition) is 5. The van der Waals surface area contributed by atoms with Crippen molar-refractivity contribution in [2.45, 2.75) is 18.7 Å². The Kier molecular flexibility index (Phi) is 6.42. The van der Waals surface area contributed by atoms with Crippen LogP contribution in [0.2, 0.25) is 0 Å². The molecule has 8 nitrogen and oxygen atoms in total. The predicted octanol–water partition coefficient (Wildman–Crippen LogP) is 2.63. The number of anilines is 1. The summed E-state index contributed by atoms with van der Waals surface area (Å²) in [6.07, 6.45) is 0. The minimum atomic E-state index is -3.63. The zero-order valence-electron chi connectivity index (χ0n) is 17.2. The molecular weight excluding hydrogens is 406 g/mol. The zero-order valence-corrected chi connectivity index (χ0v) is 18.0. The Morgan fingerprint density at radius 2 is 1.67 bits per heavy atom. The molecule has 1 aliphatic heterocycles. The van der Waals surface area contributed by atoms with Crippen LogP contribution in [0.1, 0.15) is 21.5 Å². The molecule has 1 heterocycles. The summed E-state index contributed by atoms with van der Waals surface area (Å²) < 4.78 is 32.1. The van der Waals surface area contributed by atoms with Crippen LogP contribution in [0.4, 0.5) is 10.5 Å². The first-order chi connectivity index (χ1) is 14.2. The molecular formula is C21H25N3O5S. The quantitative estimate of drug-likeness (QED) is 0.751. The summed E-state index contributed by atoms with van der Waals surface area (Å²) in [5.41, 5.74) is 2.30. The minimum absolute atomic E-state index is 0.196. The number of hydrogen-bond donors (Lipinski definition) is 1. The van der Waals surface area contributed by atoms with Gasteiger partial charge < -0.3 is 15.0 Å². The molecule has 1 fully saturated rings. The summed E-state index contributed by atoms with van der Waals surface area (Å²) in [6.45, 7) is 4.58. The lowest BCUT2D eigenvalue weighted by molar-refractivity contribution is 0.0602. The van der Waals surface area contributed by atoms with Crippen molar-refractivity contribution in [2.75, 3.05) is 38.6 Å². The Bertz CT molecular complexity index is 1060. The van der Waals surface area contributed by atoms with Gasteiger partial charge in [0.15, 0.2) is 0 Å². The molecule has 2 aromatic carbocycles. The Morgan fingerprint density at radius 1 is 1.00 bits per heavy atom. The van der Waals surface area contributed by atoms with Crippen molar-refractivity contribution in [2.24, 2.45) is 0 Å². The Labute approximate surface area is 176 Å². The third kappa shape index (κ3) is 4.47. The molecule has 9 heteroatoms. The molecule has 160 valence electrons. The van der Waals surface area contributed by atoms with Crippen LogP contribution in [0.15, 0.2) is 47.4 Å². The average molecular weight is 432 g/mol. The standard InChI is InChI=1S/C21H25N3O5S/c1-15-8-9-19(16(2)14-15)30(27,28)24-12-10-23(11-13-24)21(26)22-18-7-5-4-6-17(18)20(25)29-3/h4-9,14H,10-13H2,1-3H3,(H,22,26). The van der Waals surface area contributed by atoms with Crippen LogP contribution < -0.4 is 5.32 Å². The molecule has 1 saturated heterocycles. The number of carbonyl (C=O) groups is 2. The van der Waals surface area contributed by atoms with E-state index in [9.17, 15) is 18.0 Å². The van der Waals surface area contributed by atoms with Crippen molar-refractivity contribution in [1.29, 1.82) is 0 Å². The highest BCUT2D eigenvalue weighted by atomic mass is 32.2. The smallest absolute Gasteiger partial charge is 0.339 e. The number of sulfonamides is 1. The number of carbonyl (C=O) groups excluding carboxylic acids is 2. The monoisotopic (exact) mass is 431 g/mol. The number of piperazine rings is 1. The van der Waals surface area contributed by atoms with Gasteiger partial charge in [-0.05, 0) is 37.6 Å². The molecule has 30 heavy (non-hydrogen) atoms. The summed E-state index contributed by atoms with van der Waals surface area (Å²) >= 11 is 0. The van der Waals surface area contributed by atoms with Crippen LogP contribution in [-0.4, -0.2) is 62.9 Å². The second-order valence-corrected chi connectivity index (χ2v) is 9.03. The van der Waals surface area contributed by atoms with E-state index in [0.29, 0.717) is 11.3 Å². The summed E-state index contributed by atoms with van der Waals surface area (Å²) in [5, 5.41) is 2.71. The zero-order chi connectivity index (χ0) is 21.9. The number of urea groups is 1. The number of aryl methyl sites for hydroxylation is 2. The number of ether oxygens (including phenoxy) is 1. The molecule has 0 radical (unpaired) electrons. The van der Waals surface area contributed by atoms with Crippen LogP contribution in [0, 0.1) is 13.8 Å². The van der Waals surface area contributed by atoms with E-state index in [-0.39, 0.29) is 36.6 Å². The van der Waals surface area contributed by atoms with Gasteiger partial charge in [-0.25, -0.2) is 18.0 Å². The number of nitrogens with one attached hydrogen (secondary N) is 1. The van der Waals surface area contributed by atoms with Gasteiger partial charge in [0.2, 0.25) is 10.0 Å². The third-order valence-corrected chi connectivity index (χ3v) is 7.11. The first-order valence-electron chi connectivity index (χ1n) is 9.54. The first-order valence-corrected chi connectivity index (χ1v) is 11.0. The molecule has 0 atom stereocenters. The van der Waals surface area contributed by atoms with Gasteiger partial charge in [-0.15, -0.1) is 0 Å². The summed E-state index contributed by atoms with van der Waals surface area (Å²) in [6, 6.07) is 11.4. The molecule has 0 unspecified atom stereocenters. The lowest BCUT2D eigenvalue weighted by Gasteiger charge is -2.34. The second kappa shape index (κ2) is 8.85. The normalized spacial score (nSPS) is 15.0. The van der Waals surface area contributed by atoms with E-state index < -0.39 is 22.0 Å². The van der Waals surface area contributed by atoms with Gasteiger partial charge in [-0.2, -0.15) is 4.31 Å². The van der Waals surface area contributed by atoms with E-state index in [1.807, 2.05) is 13.0 Å².